The molecule has 0 fully saturated rings. The minimum atomic E-state index is -0.100. The minimum absolute atomic E-state index is 0.100. The van der Waals surface area contributed by atoms with Crippen molar-refractivity contribution in [1.82, 2.24) is 0 Å². The van der Waals surface area contributed by atoms with E-state index in [2.05, 4.69) is 58.4 Å². The second kappa shape index (κ2) is 8.00. The Bertz CT molecular complexity index is 882. The average Bonchev–Trinajstić information content (AvgIpc) is 2.68. The van der Waals surface area contributed by atoms with Crippen LogP contribution in [0.15, 0.2) is 72.8 Å². The third-order valence-electron chi connectivity index (χ3n) is 4.13. The first-order valence-corrected chi connectivity index (χ1v) is 9.24. The lowest BCUT2D eigenvalue weighted by molar-refractivity contribution is 0.225. The largest absolute Gasteiger partial charge is 0.486 e. The zero-order valence-electron chi connectivity index (χ0n) is 13.9. The summed E-state index contributed by atoms with van der Waals surface area (Å²) < 4.78 is 6.13. The monoisotopic (exact) mass is 391 g/mol. The van der Waals surface area contributed by atoms with Gasteiger partial charge in [0.25, 0.3) is 0 Å². The average molecular weight is 392 g/mol. The highest BCUT2D eigenvalue weighted by molar-refractivity contribution is 9.08. The molecule has 0 bridgehead atoms. The number of nitriles is 1. The number of halogens is 1. The topological polar surface area (TPSA) is 33.0 Å². The second-order valence-electron chi connectivity index (χ2n) is 5.82. The Morgan fingerprint density at radius 1 is 0.960 bits per heavy atom. The Morgan fingerprint density at radius 2 is 1.64 bits per heavy atom. The molecule has 0 N–H and O–H groups in total. The van der Waals surface area contributed by atoms with Gasteiger partial charge >= 0.3 is 0 Å². The molecule has 25 heavy (non-hydrogen) atoms. The number of hydrogen-bond donors (Lipinski definition) is 0. The lowest BCUT2D eigenvalue weighted by Crippen LogP contribution is -2.05. The quantitative estimate of drug-likeness (QED) is 0.480. The van der Waals surface area contributed by atoms with Crippen LogP contribution >= 0.6 is 15.9 Å². The molecule has 0 heterocycles. The van der Waals surface area contributed by atoms with Gasteiger partial charge in [0.2, 0.25) is 0 Å². The Hall–Kier alpha value is -2.57. The van der Waals surface area contributed by atoms with Gasteiger partial charge in [-0.2, -0.15) is 5.26 Å². The molecule has 0 spiro atoms. The SMILES string of the molecule is CC(Oc1cc(C#N)ccc1CBr)c1ccc(-c2ccccc2)cc1. The van der Waals surface area contributed by atoms with Crippen molar-refractivity contribution in [3.05, 3.63) is 89.5 Å². The predicted octanol–water partition coefficient (Wildman–Crippen LogP) is 6.26. The number of hydrogen-bond acceptors (Lipinski definition) is 2. The fourth-order valence-electron chi connectivity index (χ4n) is 2.68. The van der Waals surface area contributed by atoms with Gasteiger partial charge < -0.3 is 4.74 Å². The maximum atomic E-state index is 9.10. The van der Waals surface area contributed by atoms with Crippen LogP contribution in [0.4, 0.5) is 0 Å². The molecule has 124 valence electrons. The van der Waals surface area contributed by atoms with E-state index in [0.717, 1.165) is 16.9 Å². The van der Waals surface area contributed by atoms with Crippen molar-refractivity contribution in [2.75, 3.05) is 0 Å². The first kappa shape index (κ1) is 17.3. The van der Waals surface area contributed by atoms with E-state index < -0.39 is 0 Å². The molecule has 0 aliphatic heterocycles. The van der Waals surface area contributed by atoms with Crippen molar-refractivity contribution in [2.45, 2.75) is 18.4 Å². The summed E-state index contributed by atoms with van der Waals surface area (Å²) in [5.74, 6) is 0.746. The summed E-state index contributed by atoms with van der Waals surface area (Å²) in [5, 5.41) is 9.79. The van der Waals surface area contributed by atoms with Crippen LogP contribution in [0.2, 0.25) is 0 Å². The molecule has 3 aromatic carbocycles. The lowest BCUT2D eigenvalue weighted by Gasteiger charge is -2.18. The summed E-state index contributed by atoms with van der Waals surface area (Å²) in [6.45, 7) is 2.02. The Morgan fingerprint density at radius 3 is 2.28 bits per heavy atom. The van der Waals surface area contributed by atoms with Gasteiger partial charge in [0.05, 0.1) is 11.6 Å². The molecule has 3 aromatic rings. The number of benzene rings is 3. The molecule has 0 saturated carbocycles. The van der Waals surface area contributed by atoms with Crippen LogP contribution in [-0.2, 0) is 5.33 Å². The van der Waals surface area contributed by atoms with Gasteiger partial charge in [0.15, 0.2) is 0 Å². The number of ether oxygens (including phenoxy) is 1. The molecular formula is C22H18BrNO. The third-order valence-corrected chi connectivity index (χ3v) is 4.74. The van der Waals surface area contributed by atoms with Crippen LogP contribution in [0, 0.1) is 11.3 Å². The van der Waals surface area contributed by atoms with Crippen LogP contribution < -0.4 is 4.74 Å². The molecule has 0 radical (unpaired) electrons. The van der Waals surface area contributed by atoms with Gasteiger partial charge in [-0.15, -0.1) is 0 Å². The van der Waals surface area contributed by atoms with Gasteiger partial charge in [0.1, 0.15) is 11.9 Å². The zero-order chi connectivity index (χ0) is 17.6. The van der Waals surface area contributed by atoms with E-state index in [1.807, 2.05) is 37.3 Å². The van der Waals surface area contributed by atoms with E-state index >= 15 is 0 Å². The maximum Gasteiger partial charge on any atom is 0.125 e. The van der Waals surface area contributed by atoms with E-state index in [0.29, 0.717) is 10.9 Å². The summed E-state index contributed by atoms with van der Waals surface area (Å²) in [4.78, 5) is 0. The number of rotatable bonds is 5. The van der Waals surface area contributed by atoms with Crippen LogP contribution in [0.5, 0.6) is 5.75 Å². The van der Waals surface area contributed by atoms with E-state index in [1.165, 1.54) is 11.1 Å². The molecule has 3 heteroatoms. The van der Waals surface area contributed by atoms with Gasteiger partial charge in [-0.05, 0) is 35.7 Å². The standard InChI is InChI=1S/C22H18BrNO/c1-16(25-22-13-17(15-24)7-8-21(22)14-23)18-9-11-20(12-10-18)19-5-3-2-4-6-19/h2-13,16H,14H2,1H3. The zero-order valence-corrected chi connectivity index (χ0v) is 15.5. The van der Waals surface area contributed by atoms with Crippen molar-refractivity contribution in [3.63, 3.8) is 0 Å². The number of alkyl halides is 1. The number of nitrogens with zero attached hydrogens (tertiary/aromatic N) is 1. The van der Waals surface area contributed by atoms with Crippen LogP contribution in [-0.4, -0.2) is 0 Å². The van der Waals surface area contributed by atoms with Crippen LogP contribution in [0.3, 0.4) is 0 Å². The summed E-state index contributed by atoms with van der Waals surface area (Å²) in [7, 11) is 0. The molecule has 0 saturated heterocycles. The molecule has 0 aliphatic rings. The Balaban J connectivity index is 1.80. The van der Waals surface area contributed by atoms with Crippen molar-refractivity contribution in [3.8, 4) is 22.9 Å². The first-order chi connectivity index (χ1) is 12.2. The smallest absolute Gasteiger partial charge is 0.125 e. The molecule has 1 unspecified atom stereocenters. The lowest BCUT2D eigenvalue weighted by atomic mass is 10.0. The van der Waals surface area contributed by atoms with E-state index in [-0.39, 0.29) is 6.10 Å². The molecule has 1 atom stereocenters. The Labute approximate surface area is 156 Å². The summed E-state index contributed by atoms with van der Waals surface area (Å²) in [6, 6.07) is 26.4. The molecule has 2 nitrogen and oxygen atoms in total. The molecule has 3 rings (SSSR count). The van der Waals surface area contributed by atoms with Gasteiger partial charge in [-0.25, -0.2) is 0 Å². The highest BCUT2D eigenvalue weighted by Crippen LogP contribution is 2.29. The third kappa shape index (κ3) is 4.10. The summed E-state index contributed by atoms with van der Waals surface area (Å²) in [6.07, 6.45) is -0.100. The normalized spacial score (nSPS) is 11.6. The predicted molar refractivity (Wildman–Crippen MR) is 105 cm³/mol. The summed E-state index contributed by atoms with van der Waals surface area (Å²) in [5.41, 5.74) is 5.12. The highest BCUT2D eigenvalue weighted by atomic mass is 79.9. The maximum absolute atomic E-state index is 9.10. The van der Waals surface area contributed by atoms with Crippen molar-refractivity contribution in [1.29, 1.82) is 5.26 Å². The van der Waals surface area contributed by atoms with E-state index in [1.54, 1.807) is 6.07 Å². The van der Waals surface area contributed by atoms with Crippen molar-refractivity contribution in [2.24, 2.45) is 0 Å². The van der Waals surface area contributed by atoms with Gasteiger partial charge in [0, 0.05) is 10.9 Å². The van der Waals surface area contributed by atoms with E-state index in [9.17, 15) is 0 Å². The van der Waals surface area contributed by atoms with Crippen molar-refractivity contribution >= 4 is 15.9 Å². The van der Waals surface area contributed by atoms with E-state index in [4.69, 9.17) is 10.00 Å². The van der Waals surface area contributed by atoms with Gasteiger partial charge in [-0.3, -0.25) is 0 Å². The summed E-state index contributed by atoms with van der Waals surface area (Å²) >= 11 is 3.47. The fraction of sp³-hybridized carbons (Fsp3) is 0.136. The highest BCUT2D eigenvalue weighted by Gasteiger charge is 2.11. The molecular weight excluding hydrogens is 374 g/mol. The van der Waals surface area contributed by atoms with Crippen LogP contribution in [0.1, 0.15) is 29.7 Å². The first-order valence-electron chi connectivity index (χ1n) is 8.12. The Kier molecular flexibility index (Phi) is 5.53. The fourth-order valence-corrected chi connectivity index (χ4v) is 3.14. The molecule has 0 aromatic heterocycles. The molecule has 0 amide bonds. The van der Waals surface area contributed by atoms with Crippen molar-refractivity contribution < 1.29 is 4.74 Å². The van der Waals surface area contributed by atoms with Crippen LogP contribution in [0.25, 0.3) is 11.1 Å². The minimum Gasteiger partial charge on any atom is -0.486 e. The van der Waals surface area contributed by atoms with Gasteiger partial charge in [-0.1, -0.05) is 76.6 Å². The second-order valence-corrected chi connectivity index (χ2v) is 6.38. The molecule has 0 aliphatic carbocycles.